The first-order valence-corrected chi connectivity index (χ1v) is 6.28. The van der Waals surface area contributed by atoms with Gasteiger partial charge in [-0.25, -0.2) is 0 Å². The quantitative estimate of drug-likeness (QED) is 0.758. The largest absolute Gasteiger partial charge is 0.456 e. The predicted octanol–water partition coefficient (Wildman–Crippen LogP) is 0.486. The van der Waals surface area contributed by atoms with Gasteiger partial charge in [-0.3, -0.25) is 4.79 Å². The molecule has 0 spiro atoms. The molecule has 0 bridgehead atoms. The van der Waals surface area contributed by atoms with Crippen molar-refractivity contribution in [3.63, 3.8) is 0 Å². The Bertz CT molecular complexity index is 419. The third-order valence-electron chi connectivity index (χ3n) is 3.25. The van der Waals surface area contributed by atoms with Gasteiger partial charge in [-0.05, 0) is 12.5 Å². The molecule has 1 fully saturated rings. The predicted molar refractivity (Wildman–Crippen MR) is 67.2 cm³/mol. The van der Waals surface area contributed by atoms with E-state index in [9.17, 15) is 15.0 Å². The number of aliphatic hydroxyl groups is 2. The number of ether oxygens (including phenoxy) is 2. The number of rotatable bonds is 5. The van der Waals surface area contributed by atoms with Crippen LogP contribution in [0.4, 0.5) is 0 Å². The van der Waals surface area contributed by atoms with Gasteiger partial charge in [-0.2, -0.15) is 0 Å². The maximum absolute atomic E-state index is 11.3. The van der Waals surface area contributed by atoms with E-state index >= 15 is 0 Å². The minimum absolute atomic E-state index is 0.0105. The molecule has 0 aliphatic carbocycles. The van der Waals surface area contributed by atoms with Crippen molar-refractivity contribution in [3.8, 4) is 0 Å². The summed E-state index contributed by atoms with van der Waals surface area (Å²) < 4.78 is 10.3. The molecule has 5 heteroatoms. The van der Waals surface area contributed by atoms with Gasteiger partial charge in [0.25, 0.3) is 0 Å². The van der Waals surface area contributed by atoms with E-state index in [4.69, 9.17) is 9.47 Å². The van der Waals surface area contributed by atoms with Gasteiger partial charge in [-0.15, -0.1) is 0 Å². The van der Waals surface area contributed by atoms with Crippen LogP contribution in [0.3, 0.4) is 0 Å². The molecule has 104 valence electrons. The number of carbonyl (C=O) groups is 1. The van der Waals surface area contributed by atoms with E-state index in [0.29, 0.717) is 6.61 Å². The van der Waals surface area contributed by atoms with Crippen molar-refractivity contribution in [2.24, 2.45) is 5.92 Å². The molecule has 19 heavy (non-hydrogen) atoms. The number of cyclic esters (lactones) is 1. The second-order valence-electron chi connectivity index (χ2n) is 4.75. The third kappa shape index (κ3) is 3.32. The highest BCUT2D eigenvalue weighted by atomic mass is 16.6. The molecule has 1 heterocycles. The van der Waals surface area contributed by atoms with Crippen molar-refractivity contribution >= 4 is 5.97 Å². The molecule has 1 aliphatic heterocycles. The maximum Gasteiger partial charge on any atom is 0.311 e. The Morgan fingerprint density at radius 1 is 1.37 bits per heavy atom. The number of hydrogen-bond donors (Lipinski definition) is 2. The summed E-state index contributed by atoms with van der Waals surface area (Å²) in [6.07, 6.45) is -2.91. The molecule has 1 aromatic rings. The Morgan fingerprint density at radius 2 is 2.05 bits per heavy atom. The number of aliphatic hydroxyl groups excluding tert-OH is 2. The second-order valence-corrected chi connectivity index (χ2v) is 4.75. The second kappa shape index (κ2) is 6.14. The highest BCUT2D eigenvalue weighted by Gasteiger charge is 2.44. The van der Waals surface area contributed by atoms with Gasteiger partial charge >= 0.3 is 5.97 Å². The van der Waals surface area contributed by atoms with Gasteiger partial charge in [0.05, 0.1) is 19.1 Å². The molecular weight excluding hydrogens is 248 g/mol. The summed E-state index contributed by atoms with van der Waals surface area (Å²) in [6.45, 7) is 1.95. The Morgan fingerprint density at radius 3 is 2.63 bits per heavy atom. The molecule has 1 saturated heterocycles. The van der Waals surface area contributed by atoms with Crippen molar-refractivity contribution in [1.82, 2.24) is 0 Å². The zero-order valence-electron chi connectivity index (χ0n) is 10.7. The molecule has 2 N–H and O–H groups in total. The summed E-state index contributed by atoms with van der Waals surface area (Å²) >= 11 is 0. The lowest BCUT2D eigenvalue weighted by Crippen LogP contribution is -2.39. The van der Waals surface area contributed by atoms with E-state index in [0.717, 1.165) is 5.56 Å². The van der Waals surface area contributed by atoms with E-state index in [-0.39, 0.29) is 6.61 Å². The van der Waals surface area contributed by atoms with Crippen molar-refractivity contribution in [2.75, 3.05) is 6.61 Å². The van der Waals surface area contributed by atoms with E-state index in [1.807, 2.05) is 30.3 Å². The van der Waals surface area contributed by atoms with Crippen molar-refractivity contribution in [2.45, 2.75) is 31.8 Å². The fourth-order valence-corrected chi connectivity index (χ4v) is 2.01. The molecule has 0 saturated carbocycles. The fraction of sp³-hybridized carbons (Fsp3) is 0.500. The first kappa shape index (κ1) is 14.0. The number of hydrogen-bond acceptors (Lipinski definition) is 5. The lowest BCUT2D eigenvalue weighted by atomic mass is 10.0. The Balaban J connectivity index is 1.79. The molecule has 4 atom stereocenters. The van der Waals surface area contributed by atoms with Gasteiger partial charge in [0, 0.05) is 0 Å². The van der Waals surface area contributed by atoms with E-state index < -0.39 is 30.2 Å². The smallest absolute Gasteiger partial charge is 0.311 e. The average molecular weight is 266 g/mol. The molecule has 2 rings (SSSR count). The standard InChI is InChI=1S/C14H18O5/c1-9-12(16)13(19-14(9)17)11(15)8-18-7-10-5-3-2-4-6-10/h2-6,9,11-13,15-16H,7-8H2,1H3/t9-,11-,12-,13-/m0/s1. The van der Waals surface area contributed by atoms with Crippen LogP contribution in [-0.2, 0) is 20.9 Å². The Kier molecular flexibility index (Phi) is 4.52. The Labute approximate surface area is 111 Å². The molecule has 1 aliphatic rings. The van der Waals surface area contributed by atoms with Crippen LogP contribution >= 0.6 is 0 Å². The van der Waals surface area contributed by atoms with Crippen LogP contribution in [0.25, 0.3) is 0 Å². The lowest BCUT2D eigenvalue weighted by Gasteiger charge is -2.20. The number of benzene rings is 1. The van der Waals surface area contributed by atoms with Gasteiger partial charge in [0.2, 0.25) is 0 Å². The Hall–Kier alpha value is -1.43. The topological polar surface area (TPSA) is 76.0 Å². The van der Waals surface area contributed by atoms with Crippen LogP contribution in [0.2, 0.25) is 0 Å². The average Bonchev–Trinajstić information content (AvgIpc) is 2.68. The van der Waals surface area contributed by atoms with E-state index in [2.05, 4.69) is 0 Å². The molecule has 0 amide bonds. The highest BCUT2D eigenvalue weighted by Crippen LogP contribution is 2.24. The van der Waals surface area contributed by atoms with Crippen molar-refractivity contribution in [1.29, 1.82) is 0 Å². The van der Waals surface area contributed by atoms with Crippen molar-refractivity contribution in [3.05, 3.63) is 35.9 Å². The number of esters is 1. The SMILES string of the molecule is C[C@@H]1C(=O)O[C@@H]([C@@H](O)COCc2ccccc2)[C@H]1O. The number of carbonyl (C=O) groups excluding carboxylic acids is 1. The fourth-order valence-electron chi connectivity index (χ4n) is 2.01. The molecule has 5 nitrogen and oxygen atoms in total. The van der Waals surface area contributed by atoms with Crippen LogP contribution < -0.4 is 0 Å². The summed E-state index contributed by atoms with van der Waals surface area (Å²) in [6, 6.07) is 9.55. The minimum Gasteiger partial charge on any atom is -0.456 e. The van der Waals surface area contributed by atoms with Crippen LogP contribution in [0.5, 0.6) is 0 Å². The zero-order chi connectivity index (χ0) is 13.8. The van der Waals surface area contributed by atoms with Gasteiger partial charge < -0.3 is 19.7 Å². The van der Waals surface area contributed by atoms with E-state index in [1.165, 1.54) is 0 Å². The maximum atomic E-state index is 11.3. The van der Waals surface area contributed by atoms with Crippen LogP contribution in [0.1, 0.15) is 12.5 Å². The summed E-state index contributed by atoms with van der Waals surface area (Å²) in [5.41, 5.74) is 0.993. The zero-order valence-corrected chi connectivity index (χ0v) is 10.7. The minimum atomic E-state index is -1.02. The van der Waals surface area contributed by atoms with E-state index in [1.54, 1.807) is 6.92 Å². The van der Waals surface area contributed by atoms with Crippen LogP contribution in [-0.4, -0.2) is 41.1 Å². The first-order chi connectivity index (χ1) is 9.09. The summed E-state index contributed by atoms with van der Waals surface area (Å²) in [4.78, 5) is 11.3. The first-order valence-electron chi connectivity index (χ1n) is 6.28. The van der Waals surface area contributed by atoms with Crippen LogP contribution in [0, 0.1) is 5.92 Å². The molecule has 0 radical (unpaired) electrons. The monoisotopic (exact) mass is 266 g/mol. The lowest BCUT2D eigenvalue weighted by molar-refractivity contribution is -0.150. The molecule has 0 aromatic heterocycles. The molecule has 1 aromatic carbocycles. The summed E-state index contributed by atoms with van der Waals surface area (Å²) in [7, 11) is 0. The van der Waals surface area contributed by atoms with Crippen LogP contribution in [0.15, 0.2) is 30.3 Å². The summed E-state index contributed by atoms with van der Waals surface area (Å²) in [5.74, 6) is -1.09. The summed E-state index contributed by atoms with van der Waals surface area (Å²) in [5, 5.41) is 19.6. The third-order valence-corrected chi connectivity index (χ3v) is 3.25. The van der Waals surface area contributed by atoms with Crippen molar-refractivity contribution < 1.29 is 24.5 Å². The normalized spacial score (nSPS) is 28.2. The highest BCUT2D eigenvalue weighted by molar-refractivity contribution is 5.75. The van der Waals surface area contributed by atoms with Gasteiger partial charge in [0.1, 0.15) is 12.2 Å². The molecule has 0 unspecified atom stereocenters. The molecular formula is C14H18O5. The van der Waals surface area contributed by atoms with Gasteiger partial charge in [-0.1, -0.05) is 30.3 Å². The van der Waals surface area contributed by atoms with Gasteiger partial charge in [0.15, 0.2) is 6.10 Å².